The number of rotatable bonds is 3. The molecule has 0 N–H and O–H groups in total. The summed E-state index contributed by atoms with van der Waals surface area (Å²) in [5, 5.41) is 0. The molecule has 1 unspecified atom stereocenters. The molecule has 0 saturated carbocycles. The molecule has 4 nitrogen and oxygen atoms in total. The first-order chi connectivity index (χ1) is 14.4. The van der Waals surface area contributed by atoms with E-state index < -0.39 is 6.56 Å². The van der Waals surface area contributed by atoms with E-state index in [1.807, 2.05) is 12.1 Å². The van der Waals surface area contributed by atoms with Gasteiger partial charge in [0.25, 0.3) is 0 Å². The lowest BCUT2D eigenvalue weighted by molar-refractivity contribution is -0.120. The van der Waals surface area contributed by atoms with Crippen LogP contribution in [0.25, 0.3) is 11.1 Å². The highest BCUT2D eigenvalue weighted by Gasteiger charge is 2.33. The number of pyridine rings is 1. The third-order valence-electron chi connectivity index (χ3n) is 5.37. The third-order valence-corrected chi connectivity index (χ3v) is 5.37. The van der Waals surface area contributed by atoms with Crippen molar-refractivity contribution in [3.05, 3.63) is 77.9 Å². The van der Waals surface area contributed by atoms with Crippen LogP contribution in [0.1, 0.15) is 20.3 Å². The third kappa shape index (κ3) is 2.93. The zero-order valence-corrected chi connectivity index (χ0v) is 15.1. The number of anilines is 1. The molecule has 0 aliphatic carbocycles. The van der Waals surface area contributed by atoms with Crippen LogP contribution in [0.5, 0.6) is 5.75 Å². The molecule has 0 bridgehead atoms. The van der Waals surface area contributed by atoms with Crippen molar-refractivity contribution in [1.29, 1.82) is 0 Å². The van der Waals surface area contributed by atoms with Crippen molar-refractivity contribution in [2.45, 2.75) is 19.4 Å². The molecule has 5 rings (SSSR count). The SMILES string of the molecule is [2H]C1([2H])Oc2cnccc2-c2ccc(N3CCC(Cc4ccc(F)cc4)C3=O)cc21. The van der Waals surface area contributed by atoms with Crippen molar-refractivity contribution >= 4 is 11.6 Å². The molecule has 140 valence electrons. The lowest BCUT2D eigenvalue weighted by Crippen LogP contribution is -2.28. The first-order valence-corrected chi connectivity index (χ1v) is 9.26. The summed E-state index contributed by atoms with van der Waals surface area (Å²) in [7, 11) is 0. The van der Waals surface area contributed by atoms with Gasteiger partial charge in [-0.05, 0) is 59.9 Å². The topological polar surface area (TPSA) is 42.4 Å². The van der Waals surface area contributed by atoms with E-state index in [1.54, 1.807) is 35.4 Å². The summed E-state index contributed by atoms with van der Waals surface area (Å²) in [6.07, 6.45) is 4.41. The number of hydrogen-bond donors (Lipinski definition) is 0. The number of carbonyl (C=O) groups excluding carboxylic acids is 1. The van der Waals surface area contributed by atoms with Crippen LogP contribution in [0.15, 0.2) is 60.9 Å². The first kappa shape index (κ1) is 14.8. The van der Waals surface area contributed by atoms with Crippen LogP contribution >= 0.6 is 0 Å². The minimum absolute atomic E-state index is 0.00108. The lowest BCUT2D eigenvalue weighted by atomic mass is 9.97. The van der Waals surface area contributed by atoms with Crippen molar-refractivity contribution in [3.8, 4) is 16.9 Å². The molecule has 1 aromatic heterocycles. The fourth-order valence-corrected chi connectivity index (χ4v) is 3.90. The van der Waals surface area contributed by atoms with Gasteiger partial charge < -0.3 is 9.64 Å². The van der Waals surface area contributed by atoms with Gasteiger partial charge in [-0.25, -0.2) is 4.39 Å². The minimum atomic E-state index is -2.02. The number of amides is 1. The first-order valence-electron chi connectivity index (χ1n) is 10.3. The summed E-state index contributed by atoms with van der Waals surface area (Å²) in [6, 6.07) is 13.4. The Morgan fingerprint density at radius 3 is 2.89 bits per heavy atom. The minimum Gasteiger partial charge on any atom is -0.487 e. The maximum Gasteiger partial charge on any atom is 0.230 e. The molecule has 3 aromatic rings. The van der Waals surface area contributed by atoms with Gasteiger partial charge in [0.2, 0.25) is 5.91 Å². The lowest BCUT2D eigenvalue weighted by Gasteiger charge is -2.23. The van der Waals surface area contributed by atoms with E-state index in [1.165, 1.54) is 18.3 Å². The molecular weight excluding hydrogens is 355 g/mol. The summed E-state index contributed by atoms with van der Waals surface area (Å²) < 4.78 is 35.4. The number of benzene rings is 2. The molecule has 5 heteroatoms. The van der Waals surface area contributed by atoms with Gasteiger partial charge in [-0.2, -0.15) is 0 Å². The van der Waals surface area contributed by atoms with E-state index in [4.69, 9.17) is 7.48 Å². The van der Waals surface area contributed by atoms with Crippen LogP contribution in [0.4, 0.5) is 10.1 Å². The number of ether oxygens (including phenoxy) is 1. The molecule has 1 amide bonds. The second kappa shape index (κ2) is 6.75. The van der Waals surface area contributed by atoms with Crippen molar-refractivity contribution in [3.63, 3.8) is 0 Å². The molecule has 2 aliphatic rings. The molecule has 3 heterocycles. The maximum absolute atomic E-state index is 13.1. The van der Waals surface area contributed by atoms with Gasteiger partial charge in [0, 0.05) is 29.9 Å². The van der Waals surface area contributed by atoms with Crippen molar-refractivity contribution < 1.29 is 16.7 Å². The van der Waals surface area contributed by atoms with Crippen LogP contribution in [-0.2, 0) is 17.8 Å². The fourth-order valence-electron chi connectivity index (χ4n) is 3.90. The van der Waals surface area contributed by atoms with E-state index >= 15 is 0 Å². The Morgan fingerprint density at radius 1 is 1.18 bits per heavy atom. The molecule has 1 atom stereocenters. The number of aromatic nitrogens is 1. The summed E-state index contributed by atoms with van der Waals surface area (Å²) in [5.74, 6) is -0.0622. The summed E-state index contributed by atoms with van der Waals surface area (Å²) in [6.45, 7) is -1.45. The Hall–Kier alpha value is -3.21. The van der Waals surface area contributed by atoms with Gasteiger partial charge >= 0.3 is 0 Å². The van der Waals surface area contributed by atoms with Gasteiger partial charge in [-0.1, -0.05) is 18.2 Å². The molecule has 2 aliphatic heterocycles. The van der Waals surface area contributed by atoms with Crippen LogP contribution < -0.4 is 9.64 Å². The number of carbonyl (C=O) groups is 1. The Kier molecular flexibility index (Phi) is 3.57. The van der Waals surface area contributed by atoms with Gasteiger partial charge in [0.05, 0.1) is 8.94 Å². The second-order valence-corrected chi connectivity index (χ2v) is 7.11. The quantitative estimate of drug-likeness (QED) is 0.681. The molecule has 28 heavy (non-hydrogen) atoms. The van der Waals surface area contributed by atoms with Crippen molar-refractivity contribution in [2.75, 3.05) is 11.4 Å². The van der Waals surface area contributed by atoms with Gasteiger partial charge in [-0.15, -0.1) is 0 Å². The Morgan fingerprint density at radius 2 is 2.04 bits per heavy atom. The second-order valence-electron chi connectivity index (χ2n) is 7.11. The normalized spacial score (nSPS) is 20.7. The number of fused-ring (bicyclic) bond motifs is 3. The number of hydrogen-bond acceptors (Lipinski definition) is 3. The fraction of sp³-hybridized carbons (Fsp3) is 0.217. The average molecular weight is 376 g/mol. The van der Waals surface area contributed by atoms with Crippen molar-refractivity contribution in [2.24, 2.45) is 5.92 Å². The molecule has 0 spiro atoms. The molecule has 1 saturated heterocycles. The highest BCUT2D eigenvalue weighted by Crippen LogP contribution is 2.39. The van der Waals surface area contributed by atoms with Crippen LogP contribution in [-0.4, -0.2) is 17.4 Å². The average Bonchev–Trinajstić information content (AvgIpc) is 3.09. The molecule has 0 radical (unpaired) electrons. The number of nitrogens with zero attached hydrogens (tertiary/aromatic N) is 2. The Labute approximate surface area is 165 Å². The van der Waals surface area contributed by atoms with Crippen LogP contribution in [0.2, 0.25) is 0 Å². The number of halogens is 1. The van der Waals surface area contributed by atoms with E-state index in [2.05, 4.69) is 4.98 Å². The summed E-state index contributed by atoms with van der Waals surface area (Å²) >= 11 is 0. The summed E-state index contributed by atoms with van der Waals surface area (Å²) in [4.78, 5) is 18.7. The standard InChI is InChI=1S/C23H19FN2O2/c24-18-3-1-15(2-4-18)11-16-8-10-26(23(16)27)19-5-6-20-17(12-19)14-28-22-13-25-9-7-21(20)22/h1-7,9,12-13,16H,8,10-11,14H2/i14D2. The zero-order valence-electron chi connectivity index (χ0n) is 17.1. The molecular formula is C23H19FN2O2. The highest BCUT2D eigenvalue weighted by atomic mass is 19.1. The van der Waals surface area contributed by atoms with Crippen molar-refractivity contribution in [1.82, 2.24) is 4.98 Å². The Balaban J connectivity index is 1.43. The van der Waals surface area contributed by atoms with Gasteiger partial charge in [0.15, 0.2) is 0 Å². The monoisotopic (exact) mass is 376 g/mol. The van der Waals surface area contributed by atoms with Crippen LogP contribution in [0, 0.1) is 11.7 Å². The van der Waals surface area contributed by atoms with Gasteiger partial charge in [-0.3, -0.25) is 9.78 Å². The molecule has 1 fully saturated rings. The summed E-state index contributed by atoms with van der Waals surface area (Å²) in [5.41, 5.74) is 3.50. The van der Waals surface area contributed by atoms with E-state index in [-0.39, 0.29) is 17.6 Å². The largest absolute Gasteiger partial charge is 0.487 e. The molecule has 2 aromatic carbocycles. The highest BCUT2D eigenvalue weighted by molar-refractivity contribution is 5.97. The zero-order chi connectivity index (χ0) is 20.9. The predicted octanol–water partition coefficient (Wildman–Crippen LogP) is 4.38. The van der Waals surface area contributed by atoms with E-state index in [9.17, 15) is 9.18 Å². The van der Waals surface area contributed by atoms with E-state index in [0.717, 1.165) is 16.7 Å². The van der Waals surface area contributed by atoms with Gasteiger partial charge in [0.1, 0.15) is 18.1 Å². The Bertz CT molecular complexity index is 1130. The van der Waals surface area contributed by atoms with E-state index in [0.29, 0.717) is 36.4 Å². The van der Waals surface area contributed by atoms with Crippen LogP contribution in [0.3, 0.4) is 0 Å². The smallest absolute Gasteiger partial charge is 0.230 e. The maximum atomic E-state index is 13.1. The predicted molar refractivity (Wildman–Crippen MR) is 105 cm³/mol.